The van der Waals surface area contributed by atoms with Crippen molar-refractivity contribution in [3.05, 3.63) is 53.6 Å². The maximum absolute atomic E-state index is 6.37. The normalized spacial score (nSPS) is 17.6. The number of aromatic nitrogens is 3. The molecule has 0 aliphatic carbocycles. The minimum atomic E-state index is 0.437. The van der Waals surface area contributed by atoms with Crippen LogP contribution in [0.5, 0.6) is 0 Å². The Morgan fingerprint density at radius 3 is 2.96 bits per heavy atom. The summed E-state index contributed by atoms with van der Waals surface area (Å²) in [6.07, 6.45) is 7.53. The number of benzene rings is 1. The number of hydrogen-bond acceptors (Lipinski definition) is 4. The minimum Gasteiger partial charge on any atom is -0.356 e. The molecular weight excluding hydrogens is 370 g/mol. The van der Waals surface area contributed by atoms with Gasteiger partial charge in [-0.1, -0.05) is 23.7 Å². The second kappa shape index (κ2) is 8.50. The molecule has 1 fully saturated rings. The molecule has 0 radical (unpaired) electrons. The van der Waals surface area contributed by atoms with Gasteiger partial charge < -0.3 is 14.4 Å². The van der Waals surface area contributed by atoms with Crippen LogP contribution in [0.25, 0.3) is 10.9 Å². The van der Waals surface area contributed by atoms with Crippen molar-refractivity contribution < 1.29 is 0 Å². The predicted molar refractivity (Wildman–Crippen MR) is 116 cm³/mol. The first-order valence-corrected chi connectivity index (χ1v) is 10.5. The highest BCUT2D eigenvalue weighted by Crippen LogP contribution is 2.30. The molecular formula is C22H28ClN5. The molecule has 6 heteroatoms. The van der Waals surface area contributed by atoms with E-state index in [4.69, 9.17) is 21.6 Å². The number of aryl methyl sites for hydroxylation is 1. The minimum absolute atomic E-state index is 0.437. The van der Waals surface area contributed by atoms with Gasteiger partial charge in [0.1, 0.15) is 11.6 Å². The van der Waals surface area contributed by atoms with Gasteiger partial charge in [0.15, 0.2) is 0 Å². The van der Waals surface area contributed by atoms with Gasteiger partial charge in [-0.3, -0.25) is 0 Å². The van der Waals surface area contributed by atoms with Crippen LogP contribution in [0.1, 0.15) is 31.0 Å². The smallest absolute Gasteiger partial charge is 0.129 e. The van der Waals surface area contributed by atoms with Crippen LogP contribution < -0.4 is 4.90 Å². The van der Waals surface area contributed by atoms with E-state index >= 15 is 0 Å². The van der Waals surface area contributed by atoms with Crippen molar-refractivity contribution in [1.29, 1.82) is 0 Å². The Balaban J connectivity index is 1.51. The molecule has 1 atom stereocenters. The Morgan fingerprint density at radius 1 is 1.21 bits per heavy atom. The van der Waals surface area contributed by atoms with Gasteiger partial charge in [-0.25, -0.2) is 9.97 Å². The molecule has 0 saturated carbocycles. The molecule has 148 valence electrons. The van der Waals surface area contributed by atoms with Gasteiger partial charge in [0, 0.05) is 43.3 Å². The lowest BCUT2D eigenvalue weighted by Crippen LogP contribution is -2.36. The Hall–Kier alpha value is -2.11. The molecule has 0 bridgehead atoms. The average Bonchev–Trinajstić information content (AvgIpc) is 3.16. The van der Waals surface area contributed by atoms with E-state index in [1.807, 2.05) is 18.3 Å². The molecule has 2 aromatic heterocycles. The standard InChI is InChI=1S/C22H28ClN5/c1-26(2)12-5-14-27-15-11-24-22(27)18-7-4-13-28(16-18)20-10-9-17-6-3-8-19(23)21(17)25-20/h3,6,8-11,15,18H,4-5,7,12-14,16H2,1-2H3/t18-/m0/s1. The van der Waals surface area contributed by atoms with Gasteiger partial charge >= 0.3 is 0 Å². The summed E-state index contributed by atoms with van der Waals surface area (Å²) in [5, 5.41) is 1.80. The van der Waals surface area contributed by atoms with Gasteiger partial charge in [-0.2, -0.15) is 0 Å². The van der Waals surface area contributed by atoms with Gasteiger partial charge in [-0.05, 0) is 58.1 Å². The first-order valence-electron chi connectivity index (χ1n) is 10.1. The molecule has 3 aromatic rings. The first-order chi connectivity index (χ1) is 13.6. The number of imidazole rings is 1. The van der Waals surface area contributed by atoms with E-state index in [0.29, 0.717) is 10.9 Å². The number of pyridine rings is 1. The zero-order valence-corrected chi connectivity index (χ0v) is 17.4. The monoisotopic (exact) mass is 397 g/mol. The molecule has 1 aliphatic rings. The van der Waals surface area contributed by atoms with Crippen molar-refractivity contribution in [2.45, 2.75) is 31.7 Å². The number of piperidine rings is 1. The lowest BCUT2D eigenvalue weighted by atomic mass is 9.97. The highest BCUT2D eigenvalue weighted by atomic mass is 35.5. The second-order valence-electron chi connectivity index (χ2n) is 7.90. The molecule has 0 N–H and O–H groups in total. The summed E-state index contributed by atoms with van der Waals surface area (Å²) >= 11 is 6.37. The third-order valence-corrected chi connectivity index (χ3v) is 5.82. The molecule has 0 unspecified atom stereocenters. The van der Waals surface area contributed by atoms with E-state index in [1.165, 1.54) is 12.2 Å². The van der Waals surface area contributed by atoms with Crippen molar-refractivity contribution >= 4 is 28.3 Å². The zero-order valence-electron chi connectivity index (χ0n) is 16.7. The zero-order chi connectivity index (χ0) is 19.5. The lowest BCUT2D eigenvalue weighted by Gasteiger charge is -2.33. The number of fused-ring (bicyclic) bond motifs is 1. The number of anilines is 1. The molecule has 0 spiro atoms. The van der Waals surface area contributed by atoms with Gasteiger partial charge in [0.25, 0.3) is 0 Å². The SMILES string of the molecule is CN(C)CCCn1ccnc1[C@H]1CCCN(c2ccc3cccc(Cl)c3n2)C1. The van der Waals surface area contributed by atoms with E-state index in [9.17, 15) is 0 Å². The van der Waals surface area contributed by atoms with E-state index < -0.39 is 0 Å². The predicted octanol–water partition coefficient (Wildman–Crippen LogP) is 4.42. The Labute approximate surface area is 171 Å². The fourth-order valence-electron chi connectivity index (χ4n) is 4.10. The summed E-state index contributed by atoms with van der Waals surface area (Å²) in [5.41, 5.74) is 0.883. The van der Waals surface area contributed by atoms with Crippen molar-refractivity contribution in [2.24, 2.45) is 0 Å². The van der Waals surface area contributed by atoms with E-state index in [1.54, 1.807) is 0 Å². The molecule has 0 amide bonds. The topological polar surface area (TPSA) is 37.2 Å². The molecule has 1 aliphatic heterocycles. The second-order valence-corrected chi connectivity index (χ2v) is 8.31. The van der Waals surface area contributed by atoms with Crippen LogP contribution in [0.3, 0.4) is 0 Å². The third kappa shape index (κ3) is 4.15. The number of hydrogen-bond donors (Lipinski definition) is 0. The summed E-state index contributed by atoms with van der Waals surface area (Å²) in [7, 11) is 4.24. The van der Waals surface area contributed by atoms with Gasteiger partial charge in [-0.15, -0.1) is 0 Å². The number of rotatable bonds is 6. The number of para-hydroxylation sites is 1. The van der Waals surface area contributed by atoms with Crippen molar-refractivity contribution in [2.75, 3.05) is 38.6 Å². The van der Waals surface area contributed by atoms with Crippen LogP contribution in [-0.2, 0) is 6.54 Å². The fraction of sp³-hybridized carbons (Fsp3) is 0.455. The summed E-state index contributed by atoms with van der Waals surface area (Å²) in [6.45, 7) is 4.10. The Kier molecular flexibility index (Phi) is 5.83. The molecule has 1 saturated heterocycles. The van der Waals surface area contributed by atoms with Gasteiger partial charge in [0.2, 0.25) is 0 Å². The number of halogens is 1. The average molecular weight is 398 g/mol. The highest BCUT2D eigenvalue weighted by Gasteiger charge is 2.25. The molecule has 28 heavy (non-hydrogen) atoms. The fourth-order valence-corrected chi connectivity index (χ4v) is 4.32. The highest BCUT2D eigenvalue weighted by molar-refractivity contribution is 6.35. The van der Waals surface area contributed by atoms with E-state index in [-0.39, 0.29) is 0 Å². The molecule has 4 rings (SSSR count). The third-order valence-electron chi connectivity index (χ3n) is 5.52. The first kappa shape index (κ1) is 19.2. The van der Waals surface area contributed by atoms with Crippen LogP contribution in [0.15, 0.2) is 42.7 Å². The van der Waals surface area contributed by atoms with Crippen molar-refractivity contribution in [3.8, 4) is 0 Å². The maximum atomic E-state index is 6.37. The quantitative estimate of drug-likeness (QED) is 0.617. The summed E-state index contributed by atoms with van der Waals surface area (Å²) in [5.74, 6) is 2.66. The van der Waals surface area contributed by atoms with Crippen LogP contribution in [0, 0.1) is 0 Å². The Morgan fingerprint density at radius 2 is 2.11 bits per heavy atom. The van der Waals surface area contributed by atoms with Crippen LogP contribution in [0.2, 0.25) is 5.02 Å². The Bertz CT molecular complexity index is 936. The van der Waals surface area contributed by atoms with Crippen molar-refractivity contribution in [1.82, 2.24) is 19.4 Å². The summed E-state index contributed by atoms with van der Waals surface area (Å²) in [6, 6.07) is 10.2. The molecule has 3 heterocycles. The van der Waals surface area contributed by atoms with E-state index in [0.717, 1.165) is 55.7 Å². The van der Waals surface area contributed by atoms with E-state index in [2.05, 4.69) is 52.9 Å². The maximum Gasteiger partial charge on any atom is 0.129 e. The largest absolute Gasteiger partial charge is 0.356 e. The molecule has 5 nitrogen and oxygen atoms in total. The van der Waals surface area contributed by atoms with Crippen LogP contribution >= 0.6 is 11.6 Å². The molecule has 1 aromatic carbocycles. The van der Waals surface area contributed by atoms with Crippen LogP contribution in [0.4, 0.5) is 5.82 Å². The summed E-state index contributed by atoms with van der Waals surface area (Å²) < 4.78 is 2.34. The van der Waals surface area contributed by atoms with Crippen molar-refractivity contribution in [3.63, 3.8) is 0 Å². The van der Waals surface area contributed by atoms with Crippen LogP contribution in [-0.4, -0.2) is 53.2 Å². The lowest BCUT2D eigenvalue weighted by molar-refractivity contribution is 0.380. The summed E-state index contributed by atoms with van der Waals surface area (Å²) in [4.78, 5) is 14.2. The van der Waals surface area contributed by atoms with Gasteiger partial charge in [0.05, 0.1) is 10.5 Å². The number of nitrogens with zero attached hydrogens (tertiary/aromatic N) is 5.